The van der Waals surface area contributed by atoms with Crippen LogP contribution in [0.3, 0.4) is 0 Å². The highest BCUT2D eigenvalue weighted by molar-refractivity contribution is 5.80. The van der Waals surface area contributed by atoms with Crippen LogP contribution in [0.15, 0.2) is 17.8 Å². The first-order valence-electron chi connectivity index (χ1n) is 3.35. The van der Waals surface area contributed by atoms with Gasteiger partial charge in [-0.3, -0.25) is 9.48 Å². The quantitative estimate of drug-likeness (QED) is 0.466. The summed E-state index contributed by atoms with van der Waals surface area (Å²) in [7, 11) is 1.84. The average Bonchev–Trinajstić information content (AvgIpc) is 2.37. The van der Waals surface area contributed by atoms with Gasteiger partial charge in [0.15, 0.2) is 0 Å². The molecule has 0 aliphatic heterocycles. The summed E-state index contributed by atoms with van der Waals surface area (Å²) in [5.41, 5.74) is 1.64. The van der Waals surface area contributed by atoms with Crippen LogP contribution >= 0.6 is 0 Å². The maximum absolute atomic E-state index is 10.2. The monoisotopic (exact) mass is 150 g/mol. The molecule has 1 rings (SSSR count). The molecule has 58 valence electrons. The Morgan fingerprint density at radius 2 is 2.45 bits per heavy atom. The zero-order valence-corrected chi connectivity index (χ0v) is 6.61. The third kappa shape index (κ3) is 1.77. The van der Waals surface area contributed by atoms with Crippen molar-refractivity contribution in [3.05, 3.63) is 23.5 Å². The van der Waals surface area contributed by atoms with E-state index in [2.05, 4.69) is 5.10 Å². The molecule has 0 saturated heterocycles. The lowest BCUT2D eigenvalue weighted by atomic mass is 10.2. The Balaban J connectivity index is 2.94. The molecule has 0 spiro atoms. The molecule has 1 heterocycles. The second kappa shape index (κ2) is 3.14. The van der Waals surface area contributed by atoms with Crippen LogP contribution in [0.2, 0.25) is 0 Å². The fourth-order valence-electron chi connectivity index (χ4n) is 0.793. The van der Waals surface area contributed by atoms with Gasteiger partial charge < -0.3 is 0 Å². The normalized spacial score (nSPS) is 11.6. The van der Waals surface area contributed by atoms with E-state index >= 15 is 0 Å². The fourth-order valence-corrected chi connectivity index (χ4v) is 0.793. The number of nitrogens with zero attached hydrogens (tertiary/aromatic N) is 2. The van der Waals surface area contributed by atoms with Crippen molar-refractivity contribution in [1.82, 2.24) is 9.78 Å². The Morgan fingerprint density at radius 1 is 1.73 bits per heavy atom. The average molecular weight is 150 g/mol. The van der Waals surface area contributed by atoms with E-state index in [0.717, 1.165) is 12.0 Å². The molecule has 0 aromatic carbocycles. The predicted molar refractivity (Wildman–Crippen MR) is 42.9 cm³/mol. The van der Waals surface area contributed by atoms with Crippen molar-refractivity contribution in [3.63, 3.8) is 0 Å². The molecule has 0 aliphatic rings. The molecule has 0 unspecified atom stereocenters. The number of aryl methyl sites for hydroxylation is 1. The summed E-state index contributed by atoms with van der Waals surface area (Å²) in [6.45, 7) is 1.76. The molecule has 3 nitrogen and oxygen atoms in total. The van der Waals surface area contributed by atoms with Crippen LogP contribution in [0.1, 0.15) is 12.6 Å². The zero-order chi connectivity index (χ0) is 8.27. The SMILES string of the molecule is CC(C=O)=Cc1ccnn1C. The van der Waals surface area contributed by atoms with Gasteiger partial charge in [0, 0.05) is 13.2 Å². The van der Waals surface area contributed by atoms with E-state index in [1.807, 2.05) is 13.1 Å². The summed E-state index contributed by atoms with van der Waals surface area (Å²) >= 11 is 0. The first kappa shape index (κ1) is 7.72. The van der Waals surface area contributed by atoms with Gasteiger partial charge in [0.2, 0.25) is 0 Å². The molecule has 0 bridgehead atoms. The van der Waals surface area contributed by atoms with Crippen LogP contribution < -0.4 is 0 Å². The lowest BCUT2D eigenvalue weighted by Gasteiger charge is -1.93. The van der Waals surface area contributed by atoms with Gasteiger partial charge in [0.25, 0.3) is 0 Å². The van der Waals surface area contributed by atoms with Crippen molar-refractivity contribution in [1.29, 1.82) is 0 Å². The van der Waals surface area contributed by atoms with Gasteiger partial charge in [-0.15, -0.1) is 0 Å². The van der Waals surface area contributed by atoms with E-state index in [1.54, 1.807) is 23.9 Å². The molecule has 0 saturated carbocycles. The number of aromatic nitrogens is 2. The maximum Gasteiger partial charge on any atom is 0.145 e. The van der Waals surface area contributed by atoms with Crippen LogP contribution in [0.4, 0.5) is 0 Å². The lowest BCUT2D eigenvalue weighted by molar-refractivity contribution is -0.104. The molecule has 0 atom stereocenters. The molecule has 0 aliphatic carbocycles. The smallest absolute Gasteiger partial charge is 0.145 e. The summed E-state index contributed by atoms with van der Waals surface area (Å²) in [4.78, 5) is 10.2. The molecule has 0 N–H and O–H groups in total. The number of hydrogen-bond acceptors (Lipinski definition) is 2. The Morgan fingerprint density at radius 3 is 2.91 bits per heavy atom. The van der Waals surface area contributed by atoms with E-state index < -0.39 is 0 Å². The Bertz CT molecular complexity index is 286. The van der Waals surface area contributed by atoms with Crippen LogP contribution in [-0.4, -0.2) is 16.1 Å². The van der Waals surface area contributed by atoms with Gasteiger partial charge in [-0.1, -0.05) is 0 Å². The van der Waals surface area contributed by atoms with Crippen molar-refractivity contribution in [2.45, 2.75) is 6.92 Å². The van der Waals surface area contributed by atoms with Gasteiger partial charge >= 0.3 is 0 Å². The van der Waals surface area contributed by atoms with Gasteiger partial charge in [-0.2, -0.15) is 5.10 Å². The van der Waals surface area contributed by atoms with E-state index in [4.69, 9.17) is 0 Å². The first-order valence-corrected chi connectivity index (χ1v) is 3.35. The number of hydrogen-bond donors (Lipinski definition) is 0. The van der Waals surface area contributed by atoms with Crippen molar-refractivity contribution >= 4 is 12.4 Å². The minimum atomic E-state index is 0.702. The number of aldehydes is 1. The molecular formula is C8H10N2O. The largest absolute Gasteiger partial charge is 0.298 e. The van der Waals surface area contributed by atoms with Crippen molar-refractivity contribution in [3.8, 4) is 0 Å². The maximum atomic E-state index is 10.2. The molecule has 3 heteroatoms. The van der Waals surface area contributed by atoms with Gasteiger partial charge in [-0.25, -0.2) is 0 Å². The van der Waals surface area contributed by atoms with Crippen LogP contribution in [-0.2, 0) is 11.8 Å². The molecule has 1 aromatic heterocycles. The summed E-state index contributed by atoms with van der Waals surface area (Å²) in [6.07, 6.45) is 4.32. The third-order valence-corrected chi connectivity index (χ3v) is 1.42. The van der Waals surface area contributed by atoms with Gasteiger partial charge in [0.1, 0.15) is 6.29 Å². The van der Waals surface area contributed by atoms with Gasteiger partial charge in [0.05, 0.1) is 5.69 Å². The summed E-state index contributed by atoms with van der Waals surface area (Å²) in [5.74, 6) is 0. The first-order chi connectivity index (χ1) is 5.24. The van der Waals surface area contributed by atoms with Gasteiger partial charge in [-0.05, 0) is 24.6 Å². The Hall–Kier alpha value is -1.38. The Labute approximate surface area is 65.3 Å². The fraction of sp³-hybridized carbons (Fsp3) is 0.250. The van der Waals surface area contributed by atoms with Crippen LogP contribution in [0.25, 0.3) is 6.08 Å². The summed E-state index contributed by atoms with van der Waals surface area (Å²) in [5, 5.41) is 3.96. The molecule has 1 aromatic rings. The second-order valence-corrected chi connectivity index (χ2v) is 2.39. The van der Waals surface area contributed by atoms with E-state index in [9.17, 15) is 4.79 Å². The van der Waals surface area contributed by atoms with E-state index in [-0.39, 0.29) is 0 Å². The van der Waals surface area contributed by atoms with Crippen molar-refractivity contribution in [2.24, 2.45) is 7.05 Å². The van der Waals surface area contributed by atoms with Crippen molar-refractivity contribution in [2.75, 3.05) is 0 Å². The van der Waals surface area contributed by atoms with Crippen LogP contribution in [0.5, 0.6) is 0 Å². The number of rotatable bonds is 2. The highest BCUT2D eigenvalue weighted by Crippen LogP contribution is 2.02. The highest BCUT2D eigenvalue weighted by Gasteiger charge is 1.93. The minimum absolute atomic E-state index is 0.702. The minimum Gasteiger partial charge on any atom is -0.298 e. The third-order valence-electron chi connectivity index (χ3n) is 1.42. The van der Waals surface area contributed by atoms with E-state index in [1.165, 1.54) is 0 Å². The Kier molecular flexibility index (Phi) is 2.21. The molecule has 11 heavy (non-hydrogen) atoms. The standard InChI is InChI=1S/C8H10N2O/c1-7(6-11)5-8-3-4-9-10(8)2/h3-6H,1-2H3. The highest BCUT2D eigenvalue weighted by atomic mass is 16.1. The molecule has 0 radical (unpaired) electrons. The number of allylic oxidation sites excluding steroid dienone is 1. The number of carbonyl (C=O) groups is 1. The van der Waals surface area contributed by atoms with Crippen molar-refractivity contribution < 1.29 is 4.79 Å². The predicted octanol–water partition coefficient (Wildman–Crippen LogP) is 1.02. The second-order valence-electron chi connectivity index (χ2n) is 2.39. The molecular weight excluding hydrogens is 140 g/mol. The van der Waals surface area contributed by atoms with Crippen LogP contribution in [0, 0.1) is 0 Å². The molecule has 0 amide bonds. The zero-order valence-electron chi connectivity index (χ0n) is 6.61. The topological polar surface area (TPSA) is 34.9 Å². The number of carbonyl (C=O) groups excluding carboxylic acids is 1. The summed E-state index contributed by atoms with van der Waals surface area (Å²) < 4.78 is 1.72. The lowest BCUT2D eigenvalue weighted by Crippen LogP contribution is -1.92. The molecule has 0 fully saturated rings. The van der Waals surface area contributed by atoms with E-state index in [0.29, 0.717) is 5.57 Å². The summed E-state index contributed by atoms with van der Waals surface area (Å²) in [6, 6.07) is 1.85.